The van der Waals surface area contributed by atoms with E-state index in [-0.39, 0.29) is 0 Å². The molecule has 0 aromatic carbocycles. The molecule has 0 aliphatic heterocycles. The van der Waals surface area contributed by atoms with Gasteiger partial charge in [-0.25, -0.2) is 0 Å². The zero-order chi connectivity index (χ0) is 21.7. The Morgan fingerprint density at radius 3 is 1.52 bits per heavy atom. The summed E-state index contributed by atoms with van der Waals surface area (Å²) in [4.78, 5) is 0. The minimum atomic E-state index is 0.935. The summed E-state index contributed by atoms with van der Waals surface area (Å²) in [6.07, 6.45) is 27.6. The molecule has 176 valence electrons. The van der Waals surface area contributed by atoms with Crippen LogP contribution < -0.4 is 0 Å². The van der Waals surface area contributed by atoms with Crippen molar-refractivity contribution in [2.24, 2.45) is 23.7 Å². The summed E-state index contributed by atoms with van der Waals surface area (Å²) >= 11 is 0. The maximum absolute atomic E-state index is 2.50. The molecule has 0 aliphatic rings. The van der Waals surface area contributed by atoms with Gasteiger partial charge < -0.3 is 0 Å². The molecule has 0 saturated carbocycles. The minimum absolute atomic E-state index is 0.935. The first-order valence-electron chi connectivity index (χ1n) is 14.0. The quantitative estimate of drug-likeness (QED) is 0.156. The maximum atomic E-state index is 2.50. The molecular formula is C29H60. The predicted octanol–water partition coefficient (Wildman–Crippen LogP) is 11.0. The van der Waals surface area contributed by atoms with Gasteiger partial charge in [0.25, 0.3) is 0 Å². The zero-order valence-electron chi connectivity index (χ0n) is 21.7. The Labute approximate surface area is 187 Å². The van der Waals surface area contributed by atoms with Crippen molar-refractivity contribution in [1.82, 2.24) is 0 Å². The van der Waals surface area contributed by atoms with E-state index in [9.17, 15) is 0 Å². The normalized spacial score (nSPS) is 15.9. The van der Waals surface area contributed by atoms with E-state index in [0.29, 0.717) is 0 Å². The molecule has 0 aliphatic carbocycles. The highest BCUT2D eigenvalue weighted by molar-refractivity contribution is 4.64. The van der Waals surface area contributed by atoms with Crippen LogP contribution in [0.1, 0.15) is 164 Å². The van der Waals surface area contributed by atoms with Gasteiger partial charge in [-0.2, -0.15) is 0 Å². The van der Waals surface area contributed by atoms with Crippen molar-refractivity contribution < 1.29 is 0 Å². The lowest BCUT2D eigenvalue weighted by molar-refractivity contribution is 0.340. The molecule has 0 saturated heterocycles. The molecule has 0 N–H and O–H groups in total. The molecule has 0 bridgehead atoms. The molecule has 0 amide bonds. The second-order valence-electron chi connectivity index (χ2n) is 10.8. The highest BCUT2D eigenvalue weighted by atomic mass is 14.2. The van der Waals surface area contributed by atoms with Crippen LogP contribution >= 0.6 is 0 Å². The minimum Gasteiger partial charge on any atom is -0.0654 e. The fourth-order valence-corrected chi connectivity index (χ4v) is 5.30. The molecule has 0 fully saturated rings. The third-order valence-electron chi connectivity index (χ3n) is 7.21. The van der Waals surface area contributed by atoms with Gasteiger partial charge in [0, 0.05) is 0 Å². The van der Waals surface area contributed by atoms with Crippen molar-refractivity contribution in [3.63, 3.8) is 0 Å². The van der Waals surface area contributed by atoms with Crippen LogP contribution in [-0.4, -0.2) is 0 Å². The third-order valence-corrected chi connectivity index (χ3v) is 7.21. The van der Waals surface area contributed by atoms with Gasteiger partial charge in [-0.1, -0.05) is 157 Å². The molecule has 0 aromatic rings. The van der Waals surface area contributed by atoms with Gasteiger partial charge in [0.2, 0.25) is 0 Å². The molecule has 29 heavy (non-hydrogen) atoms. The average Bonchev–Trinajstić information content (AvgIpc) is 2.68. The summed E-state index contributed by atoms with van der Waals surface area (Å²) in [5, 5.41) is 0. The molecule has 0 heteroatoms. The van der Waals surface area contributed by atoms with Crippen LogP contribution in [0.3, 0.4) is 0 Å². The first-order chi connectivity index (χ1) is 14.0. The topological polar surface area (TPSA) is 0 Å². The third kappa shape index (κ3) is 19.7. The Morgan fingerprint density at radius 2 is 0.897 bits per heavy atom. The van der Waals surface area contributed by atoms with Crippen molar-refractivity contribution in [1.29, 1.82) is 0 Å². The van der Waals surface area contributed by atoms with Crippen LogP contribution in [0.5, 0.6) is 0 Å². The van der Waals surface area contributed by atoms with Gasteiger partial charge in [-0.3, -0.25) is 0 Å². The van der Waals surface area contributed by atoms with Gasteiger partial charge >= 0.3 is 0 Å². The average molecular weight is 409 g/mol. The standard InChI is InChI=1S/C29H60/c1-7-10-11-15-20-26(4)23-24-29(19-9-3)22-17-14-12-13-16-21-28(6)25-27(5)18-8-2/h26-29H,7-25H2,1-6H3. The van der Waals surface area contributed by atoms with Gasteiger partial charge in [0.1, 0.15) is 0 Å². The van der Waals surface area contributed by atoms with Gasteiger partial charge in [0.05, 0.1) is 0 Å². The molecule has 4 unspecified atom stereocenters. The largest absolute Gasteiger partial charge is 0.0654 e. The molecule has 0 radical (unpaired) electrons. The van der Waals surface area contributed by atoms with Crippen LogP contribution in [-0.2, 0) is 0 Å². The number of hydrogen-bond acceptors (Lipinski definition) is 0. The molecule has 0 heterocycles. The van der Waals surface area contributed by atoms with E-state index in [1.54, 1.807) is 0 Å². The molecule has 0 rings (SSSR count). The van der Waals surface area contributed by atoms with Gasteiger partial charge in [-0.05, 0) is 30.1 Å². The smallest absolute Gasteiger partial charge is 0.0414 e. The van der Waals surface area contributed by atoms with E-state index >= 15 is 0 Å². The first-order valence-corrected chi connectivity index (χ1v) is 14.0. The Bertz CT molecular complexity index is 307. The SMILES string of the molecule is CCCCCCC(C)CCC(CCC)CCCCCCCC(C)CC(C)CCC. The summed E-state index contributed by atoms with van der Waals surface area (Å²) in [5.74, 6) is 3.84. The van der Waals surface area contributed by atoms with E-state index in [1.165, 1.54) is 122 Å². The van der Waals surface area contributed by atoms with E-state index < -0.39 is 0 Å². The van der Waals surface area contributed by atoms with E-state index in [4.69, 9.17) is 0 Å². The van der Waals surface area contributed by atoms with Crippen molar-refractivity contribution in [3.05, 3.63) is 0 Å². The maximum Gasteiger partial charge on any atom is -0.0414 e. The molecular weight excluding hydrogens is 348 g/mol. The summed E-state index contributed by atoms with van der Waals surface area (Å²) in [7, 11) is 0. The molecule has 4 atom stereocenters. The summed E-state index contributed by atoms with van der Waals surface area (Å²) < 4.78 is 0. The molecule has 0 nitrogen and oxygen atoms in total. The second kappa shape index (κ2) is 21.2. The first kappa shape index (κ1) is 29.0. The Morgan fingerprint density at radius 1 is 0.379 bits per heavy atom. The number of rotatable bonds is 22. The van der Waals surface area contributed by atoms with Crippen LogP contribution in [0.2, 0.25) is 0 Å². The zero-order valence-corrected chi connectivity index (χ0v) is 21.7. The Kier molecular flexibility index (Phi) is 21.2. The van der Waals surface area contributed by atoms with Crippen LogP contribution in [0.15, 0.2) is 0 Å². The summed E-state index contributed by atoms with van der Waals surface area (Å²) in [6, 6.07) is 0. The van der Waals surface area contributed by atoms with Crippen LogP contribution in [0.25, 0.3) is 0 Å². The lowest BCUT2D eigenvalue weighted by Gasteiger charge is -2.19. The molecule has 0 aromatic heterocycles. The van der Waals surface area contributed by atoms with E-state index in [2.05, 4.69) is 41.5 Å². The fraction of sp³-hybridized carbons (Fsp3) is 1.00. The highest BCUT2D eigenvalue weighted by Gasteiger charge is 2.11. The number of hydrogen-bond donors (Lipinski definition) is 0. The lowest BCUT2D eigenvalue weighted by Crippen LogP contribution is -2.04. The Hall–Kier alpha value is 0. The lowest BCUT2D eigenvalue weighted by atomic mass is 9.87. The monoisotopic (exact) mass is 408 g/mol. The highest BCUT2D eigenvalue weighted by Crippen LogP contribution is 2.26. The fourth-order valence-electron chi connectivity index (χ4n) is 5.30. The summed E-state index contributed by atoms with van der Waals surface area (Å²) in [5.41, 5.74) is 0. The second-order valence-corrected chi connectivity index (χ2v) is 10.8. The van der Waals surface area contributed by atoms with Crippen molar-refractivity contribution in [3.8, 4) is 0 Å². The Balaban J connectivity index is 3.70. The summed E-state index contributed by atoms with van der Waals surface area (Å²) in [6.45, 7) is 14.4. The van der Waals surface area contributed by atoms with Crippen molar-refractivity contribution in [2.75, 3.05) is 0 Å². The molecule has 0 spiro atoms. The van der Waals surface area contributed by atoms with E-state index in [1.807, 2.05) is 0 Å². The van der Waals surface area contributed by atoms with Gasteiger partial charge in [0.15, 0.2) is 0 Å². The van der Waals surface area contributed by atoms with Gasteiger partial charge in [-0.15, -0.1) is 0 Å². The number of unbranched alkanes of at least 4 members (excludes halogenated alkanes) is 7. The predicted molar refractivity (Wildman–Crippen MR) is 136 cm³/mol. The van der Waals surface area contributed by atoms with Crippen molar-refractivity contribution in [2.45, 2.75) is 164 Å². The van der Waals surface area contributed by atoms with Crippen LogP contribution in [0, 0.1) is 23.7 Å². The van der Waals surface area contributed by atoms with Crippen LogP contribution in [0.4, 0.5) is 0 Å². The van der Waals surface area contributed by atoms with Crippen molar-refractivity contribution >= 4 is 0 Å². The van der Waals surface area contributed by atoms with E-state index in [0.717, 1.165) is 23.7 Å².